The van der Waals surface area contributed by atoms with E-state index in [-0.39, 0.29) is 12.1 Å². The van der Waals surface area contributed by atoms with Crippen molar-refractivity contribution in [1.29, 1.82) is 0 Å². The zero-order valence-corrected chi connectivity index (χ0v) is 24.8. The third-order valence-corrected chi connectivity index (χ3v) is 8.11. The lowest BCUT2D eigenvalue weighted by atomic mass is 9.97. The molecule has 2 atom stereocenters. The first-order valence-electron chi connectivity index (χ1n) is 14.8. The van der Waals surface area contributed by atoms with E-state index in [1.165, 1.54) is 6.33 Å². The third-order valence-electron chi connectivity index (χ3n) is 8.11. The molecule has 11 heteroatoms. The molecule has 2 N–H and O–H groups in total. The molecule has 1 amide bonds. The van der Waals surface area contributed by atoms with Crippen LogP contribution in [0.1, 0.15) is 46.1 Å². The topological polar surface area (TPSA) is 112 Å². The van der Waals surface area contributed by atoms with Gasteiger partial charge in [0, 0.05) is 37.8 Å². The first-order chi connectivity index (χ1) is 20.7. The first kappa shape index (κ1) is 28.9. The number of carbonyl (C=O) groups excluding carboxylic acids is 1. The zero-order valence-electron chi connectivity index (χ0n) is 24.8. The Bertz CT molecular complexity index is 1560. The number of nitrogen functional groups attached to an aromatic ring is 1. The molecule has 226 valence electrons. The molecule has 4 aromatic rings. The van der Waals surface area contributed by atoms with Crippen LogP contribution in [0.25, 0.3) is 22.3 Å². The van der Waals surface area contributed by atoms with Crippen molar-refractivity contribution in [2.45, 2.75) is 63.9 Å². The molecule has 2 aromatic carbocycles. The number of amides is 1. The summed E-state index contributed by atoms with van der Waals surface area (Å²) >= 11 is 0. The second-order valence-electron chi connectivity index (χ2n) is 12.3. The highest BCUT2D eigenvalue weighted by atomic mass is 19.1. The van der Waals surface area contributed by atoms with Gasteiger partial charge in [-0.25, -0.2) is 23.8 Å². The van der Waals surface area contributed by atoms with Gasteiger partial charge in [-0.1, -0.05) is 18.2 Å². The van der Waals surface area contributed by atoms with Crippen LogP contribution in [0.4, 0.5) is 15.0 Å². The summed E-state index contributed by atoms with van der Waals surface area (Å²) in [6.45, 7) is 7.84. The Morgan fingerprint density at radius 2 is 1.65 bits per heavy atom. The van der Waals surface area contributed by atoms with Crippen LogP contribution in [-0.2, 0) is 4.74 Å². The van der Waals surface area contributed by atoms with E-state index < -0.39 is 17.8 Å². The van der Waals surface area contributed by atoms with Crippen LogP contribution in [0, 0.1) is 0 Å². The molecule has 0 spiro atoms. The smallest absolute Gasteiger partial charge is 0.410 e. The standard InChI is InChI=1S/C32H38FN7O3/c1-32(2,3)43-31(41)38-16-13-22(14-17-38)39-18-15-26(25(33)19-39)40-30-27(29(34)35-20-36-30)28(37-40)21-9-11-24(12-10-21)42-23-7-5-4-6-8-23/h4-12,20,22,25-26H,13-19H2,1-3H3,(H2,34,35,36)/t25-,26+/m0/s1. The van der Waals surface area contributed by atoms with Gasteiger partial charge in [-0.15, -0.1) is 0 Å². The molecule has 4 heterocycles. The van der Waals surface area contributed by atoms with Crippen molar-refractivity contribution in [1.82, 2.24) is 29.5 Å². The van der Waals surface area contributed by atoms with E-state index in [0.29, 0.717) is 54.3 Å². The van der Waals surface area contributed by atoms with Gasteiger partial charge in [0.1, 0.15) is 41.1 Å². The molecular formula is C32H38FN7O3. The van der Waals surface area contributed by atoms with Crippen molar-refractivity contribution in [2.75, 3.05) is 31.9 Å². The maximum absolute atomic E-state index is 16.0. The molecule has 2 aliphatic heterocycles. The Kier molecular flexibility index (Phi) is 7.91. The number of anilines is 1. The van der Waals surface area contributed by atoms with Crippen LogP contribution >= 0.6 is 0 Å². The molecule has 0 saturated carbocycles. The number of nitrogens with zero attached hydrogens (tertiary/aromatic N) is 6. The van der Waals surface area contributed by atoms with Crippen LogP contribution in [-0.4, -0.2) is 79.6 Å². The fourth-order valence-corrected chi connectivity index (χ4v) is 6.00. The number of halogens is 1. The number of hydrogen-bond donors (Lipinski definition) is 1. The van der Waals surface area contributed by atoms with Crippen LogP contribution in [0.5, 0.6) is 11.5 Å². The van der Waals surface area contributed by atoms with Gasteiger partial charge in [0.2, 0.25) is 0 Å². The number of carbonyl (C=O) groups is 1. The molecule has 0 aliphatic carbocycles. The molecule has 2 aromatic heterocycles. The highest BCUT2D eigenvalue weighted by Gasteiger charge is 2.37. The number of para-hydroxylation sites is 1. The third kappa shape index (κ3) is 6.27. The van der Waals surface area contributed by atoms with Crippen LogP contribution in [0.2, 0.25) is 0 Å². The largest absolute Gasteiger partial charge is 0.457 e. The van der Waals surface area contributed by atoms with Crippen LogP contribution < -0.4 is 10.5 Å². The SMILES string of the molecule is CC(C)(C)OC(=O)N1CCC(N2CC[C@@H](n3nc(-c4ccc(Oc5ccccc5)cc4)c4c(N)ncnc43)[C@@H](F)C2)CC1. The monoisotopic (exact) mass is 587 g/mol. The van der Waals surface area contributed by atoms with Crippen molar-refractivity contribution >= 4 is 22.9 Å². The van der Waals surface area contributed by atoms with Crippen molar-refractivity contribution in [2.24, 2.45) is 0 Å². The van der Waals surface area contributed by atoms with E-state index in [1.54, 1.807) is 9.58 Å². The lowest BCUT2D eigenvalue weighted by Gasteiger charge is -2.43. The lowest BCUT2D eigenvalue weighted by molar-refractivity contribution is 0.00441. The number of benzene rings is 2. The van der Waals surface area contributed by atoms with E-state index in [9.17, 15) is 4.79 Å². The predicted octanol–water partition coefficient (Wildman–Crippen LogP) is 5.85. The highest BCUT2D eigenvalue weighted by molar-refractivity contribution is 5.98. The molecule has 2 aliphatic rings. The van der Waals surface area contributed by atoms with Gasteiger partial charge in [0.25, 0.3) is 0 Å². The maximum atomic E-state index is 16.0. The van der Waals surface area contributed by atoms with Gasteiger partial charge in [0.15, 0.2) is 5.65 Å². The minimum absolute atomic E-state index is 0.220. The summed E-state index contributed by atoms with van der Waals surface area (Å²) in [6.07, 6.45) is 2.13. The summed E-state index contributed by atoms with van der Waals surface area (Å²) in [7, 11) is 0. The summed E-state index contributed by atoms with van der Waals surface area (Å²) in [6, 6.07) is 16.9. The summed E-state index contributed by atoms with van der Waals surface area (Å²) < 4.78 is 29.1. The molecule has 10 nitrogen and oxygen atoms in total. The van der Waals surface area contributed by atoms with Crippen LogP contribution in [0.3, 0.4) is 0 Å². The molecule has 2 fully saturated rings. The number of alkyl halides is 1. The maximum Gasteiger partial charge on any atom is 0.410 e. The molecular weight excluding hydrogens is 549 g/mol. The second-order valence-corrected chi connectivity index (χ2v) is 12.3. The zero-order chi connectivity index (χ0) is 30.1. The summed E-state index contributed by atoms with van der Waals surface area (Å²) in [5.41, 5.74) is 7.75. The number of rotatable bonds is 5. The Morgan fingerprint density at radius 1 is 0.953 bits per heavy atom. The van der Waals surface area contributed by atoms with Gasteiger partial charge in [-0.05, 0) is 76.4 Å². The Labute approximate surface area is 250 Å². The quantitative estimate of drug-likeness (QED) is 0.309. The molecule has 0 unspecified atom stereocenters. The number of fused-ring (bicyclic) bond motifs is 1. The number of likely N-dealkylation sites (tertiary alicyclic amines) is 2. The molecule has 0 bridgehead atoms. The average molecular weight is 588 g/mol. The molecule has 43 heavy (non-hydrogen) atoms. The normalized spacial score (nSPS) is 20.3. The minimum Gasteiger partial charge on any atom is -0.457 e. The molecule has 6 rings (SSSR count). The van der Waals surface area contributed by atoms with E-state index in [4.69, 9.17) is 20.3 Å². The number of ether oxygens (including phenoxy) is 2. The predicted molar refractivity (Wildman–Crippen MR) is 163 cm³/mol. The van der Waals surface area contributed by atoms with Crippen molar-refractivity contribution < 1.29 is 18.7 Å². The van der Waals surface area contributed by atoms with E-state index in [2.05, 4.69) is 14.9 Å². The lowest BCUT2D eigenvalue weighted by Crippen LogP contribution is -2.52. The fraction of sp³-hybridized carbons (Fsp3) is 0.438. The Morgan fingerprint density at radius 3 is 2.33 bits per heavy atom. The van der Waals surface area contributed by atoms with Gasteiger partial charge in [0.05, 0.1) is 11.4 Å². The van der Waals surface area contributed by atoms with E-state index >= 15 is 4.39 Å². The van der Waals surface area contributed by atoms with Gasteiger partial charge in [-0.3, -0.25) is 4.90 Å². The van der Waals surface area contributed by atoms with Crippen molar-refractivity contribution in [3.63, 3.8) is 0 Å². The summed E-state index contributed by atoms with van der Waals surface area (Å²) in [5, 5.41) is 5.50. The van der Waals surface area contributed by atoms with Gasteiger partial charge >= 0.3 is 6.09 Å². The fourth-order valence-electron chi connectivity index (χ4n) is 6.00. The van der Waals surface area contributed by atoms with Crippen LogP contribution in [0.15, 0.2) is 60.9 Å². The summed E-state index contributed by atoms with van der Waals surface area (Å²) in [5.74, 6) is 1.74. The number of piperidine rings is 2. The molecule has 2 saturated heterocycles. The number of hydrogen-bond acceptors (Lipinski definition) is 8. The van der Waals surface area contributed by atoms with E-state index in [0.717, 1.165) is 30.7 Å². The second kappa shape index (κ2) is 11.8. The van der Waals surface area contributed by atoms with E-state index in [1.807, 2.05) is 75.4 Å². The average Bonchev–Trinajstić information content (AvgIpc) is 3.38. The minimum atomic E-state index is -1.15. The Hall–Kier alpha value is -4.25. The first-order valence-corrected chi connectivity index (χ1v) is 14.8. The number of aromatic nitrogens is 4. The summed E-state index contributed by atoms with van der Waals surface area (Å²) in [4.78, 5) is 25.1. The Balaban J connectivity index is 1.16. The molecule has 0 radical (unpaired) electrons. The van der Waals surface area contributed by atoms with Crippen molar-refractivity contribution in [3.8, 4) is 22.8 Å². The number of nitrogens with two attached hydrogens (primary N) is 1. The van der Waals surface area contributed by atoms with Gasteiger partial charge < -0.3 is 20.1 Å². The van der Waals surface area contributed by atoms with Gasteiger partial charge in [-0.2, -0.15) is 5.10 Å². The van der Waals surface area contributed by atoms with Crippen molar-refractivity contribution in [3.05, 3.63) is 60.9 Å². The highest BCUT2D eigenvalue weighted by Crippen LogP contribution is 2.36.